The summed E-state index contributed by atoms with van der Waals surface area (Å²) in [4.78, 5) is 28.3. The highest BCUT2D eigenvalue weighted by atomic mass is 16.5. The molecular weight excluding hydrogens is 422 g/mol. The van der Waals surface area contributed by atoms with Crippen LogP contribution in [0.2, 0.25) is 0 Å². The van der Waals surface area contributed by atoms with E-state index in [1.165, 1.54) is 7.11 Å². The van der Waals surface area contributed by atoms with Crippen LogP contribution in [0.3, 0.4) is 0 Å². The number of carbonyl (C=O) groups is 2. The number of nitrogens with one attached hydrogen (secondary N) is 1. The fraction of sp³-hybridized carbons (Fsp3) is 0.320. The van der Waals surface area contributed by atoms with E-state index in [4.69, 9.17) is 9.26 Å². The van der Waals surface area contributed by atoms with Gasteiger partial charge in [-0.15, -0.1) is 0 Å². The number of carbonyl (C=O) groups excluding carboxylic acids is 2. The fourth-order valence-electron chi connectivity index (χ4n) is 5.30. The number of ether oxygens (including phenoxy) is 1. The molecule has 1 unspecified atom stereocenters. The summed E-state index contributed by atoms with van der Waals surface area (Å²) in [5.41, 5.74) is 3.23. The Balaban J connectivity index is 1.78. The molecule has 0 radical (unpaired) electrons. The molecule has 8 heteroatoms. The normalized spacial score (nSPS) is 24.5. The summed E-state index contributed by atoms with van der Waals surface area (Å²) in [5, 5.41) is 17.6. The molecule has 1 saturated heterocycles. The number of aryl methyl sites for hydroxylation is 2. The zero-order chi connectivity index (χ0) is 23.3. The van der Waals surface area contributed by atoms with Crippen molar-refractivity contribution >= 4 is 17.6 Å². The molecule has 2 aliphatic rings. The van der Waals surface area contributed by atoms with Crippen molar-refractivity contribution in [2.45, 2.75) is 38.0 Å². The topological polar surface area (TPSA) is 105 Å². The Morgan fingerprint density at radius 3 is 2.67 bits per heavy atom. The molecular formula is C25H25N3O5. The Bertz CT molecular complexity index is 1220. The van der Waals surface area contributed by atoms with Crippen molar-refractivity contribution in [1.29, 1.82) is 0 Å². The minimum Gasteiger partial charge on any atom is -0.468 e. The number of aliphatic hydroxyl groups is 1. The maximum absolute atomic E-state index is 13.8. The second kappa shape index (κ2) is 7.83. The Morgan fingerprint density at radius 1 is 1.24 bits per heavy atom. The Labute approximate surface area is 191 Å². The summed E-state index contributed by atoms with van der Waals surface area (Å²) >= 11 is 0. The van der Waals surface area contributed by atoms with Crippen molar-refractivity contribution in [2.75, 3.05) is 19.0 Å². The minimum atomic E-state index is -1.32. The van der Waals surface area contributed by atoms with E-state index >= 15 is 0 Å². The predicted molar refractivity (Wildman–Crippen MR) is 120 cm³/mol. The molecule has 0 bridgehead atoms. The van der Waals surface area contributed by atoms with Crippen molar-refractivity contribution in [2.24, 2.45) is 0 Å². The van der Waals surface area contributed by atoms with Crippen LogP contribution in [0, 0.1) is 13.8 Å². The fourth-order valence-corrected chi connectivity index (χ4v) is 5.30. The molecule has 0 aliphatic carbocycles. The number of aromatic nitrogens is 1. The number of β-amino-alcohol motifs (C(OH)–C–C–N with tert-alkyl or cyclic N) is 1. The smallest absolute Gasteiger partial charge is 0.323 e. The molecule has 1 aromatic heterocycles. The van der Waals surface area contributed by atoms with Crippen LogP contribution in [0.15, 0.2) is 53.1 Å². The molecule has 2 aliphatic heterocycles. The summed E-state index contributed by atoms with van der Waals surface area (Å²) in [6, 6.07) is 14.3. The van der Waals surface area contributed by atoms with Gasteiger partial charge in [-0.25, -0.2) is 0 Å². The lowest BCUT2D eigenvalue weighted by atomic mass is 9.80. The highest BCUT2D eigenvalue weighted by molar-refractivity contribution is 6.09. The van der Waals surface area contributed by atoms with Crippen LogP contribution in [0.1, 0.15) is 29.0 Å². The molecule has 170 valence electrons. The minimum absolute atomic E-state index is 0.150. The van der Waals surface area contributed by atoms with E-state index in [9.17, 15) is 14.7 Å². The summed E-state index contributed by atoms with van der Waals surface area (Å²) in [6.45, 7) is 3.87. The molecule has 2 aromatic carbocycles. The van der Waals surface area contributed by atoms with E-state index in [2.05, 4.69) is 10.5 Å². The zero-order valence-corrected chi connectivity index (χ0v) is 18.7. The number of aliphatic hydroxyl groups excluding tert-OH is 1. The van der Waals surface area contributed by atoms with Crippen LogP contribution in [-0.4, -0.2) is 52.8 Å². The first-order chi connectivity index (χ1) is 15.9. The van der Waals surface area contributed by atoms with Gasteiger partial charge in [-0.2, -0.15) is 0 Å². The van der Waals surface area contributed by atoms with Crippen molar-refractivity contribution in [3.8, 4) is 11.1 Å². The molecule has 1 amide bonds. The number of anilines is 1. The van der Waals surface area contributed by atoms with Gasteiger partial charge in [0.1, 0.15) is 11.8 Å². The third kappa shape index (κ3) is 3.09. The highest BCUT2D eigenvalue weighted by Crippen LogP contribution is 2.49. The van der Waals surface area contributed by atoms with Gasteiger partial charge in [0, 0.05) is 29.8 Å². The SMILES string of the molecule is COC(=O)[C@@H]1C[C@H](O)CN1C1(c2ccccc2)C(=O)Nc2ccc(-c3c(C)noc3C)cc21. The van der Waals surface area contributed by atoms with Crippen LogP contribution >= 0.6 is 0 Å². The van der Waals surface area contributed by atoms with Gasteiger partial charge in [-0.05, 0) is 37.1 Å². The number of hydrogen-bond acceptors (Lipinski definition) is 7. The number of amides is 1. The summed E-state index contributed by atoms with van der Waals surface area (Å²) in [7, 11) is 1.32. The number of rotatable bonds is 4. The molecule has 0 saturated carbocycles. The van der Waals surface area contributed by atoms with E-state index < -0.39 is 23.7 Å². The number of benzene rings is 2. The van der Waals surface area contributed by atoms with Crippen molar-refractivity contribution in [3.05, 3.63) is 71.1 Å². The summed E-state index contributed by atoms with van der Waals surface area (Å²) in [5.74, 6) is -0.0772. The van der Waals surface area contributed by atoms with Gasteiger partial charge in [0.05, 0.1) is 18.9 Å². The zero-order valence-electron chi connectivity index (χ0n) is 18.7. The second-order valence-corrected chi connectivity index (χ2v) is 8.57. The molecule has 0 spiro atoms. The first-order valence-electron chi connectivity index (χ1n) is 10.8. The predicted octanol–water partition coefficient (Wildman–Crippen LogP) is 2.76. The number of nitrogens with zero attached hydrogens (tertiary/aromatic N) is 2. The van der Waals surface area contributed by atoms with E-state index in [0.29, 0.717) is 22.6 Å². The first-order valence-corrected chi connectivity index (χ1v) is 10.8. The van der Waals surface area contributed by atoms with Crippen LogP contribution < -0.4 is 5.32 Å². The summed E-state index contributed by atoms with van der Waals surface area (Å²) < 4.78 is 10.4. The highest BCUT2D eigenvalue weighted by Gasteiger charge is 2.58. The lowest BCUT2D eigenvalue weighted by molar-refractivity contribution is -0.149. The Kier molecular flexibility index (Phi) is 5.07. The first kappa shape index (κ1) is 21.4. The monoisotopic (exact) mass is 447 g/mol. The van der Waals surface area contributed by atoms with Gasteiger partial charge >= 0.3 is 5.97 Å². The van der Waals surface area contributed by atoms with E-state index in [1.54, 1.807) is 4.90 Å². The largest absolute Gasteiger partial charge is 0.468 e. The van der Waals surface area contributed by atoms with E-state index in [-0.39, 0.29) is 18.9 Å². The van der Waals surface area contributed by atoms with Crippen molar-refractivity contribution in [3.63, 3.8) is 0 Å². The Morgan fingerprint density at radius 2 is 2.00 bits per heavy atom. The molecule has 2 N–H and O–H groups in total. The lowest BCUT2D eigenvalue weighted by Crippen LogP contribution is -2.56. The van der Waals surface area contributed by atoms with Gasteiger partial charge in [0.25, 0.3) is 5.91 Å². The standard InChI is InChI=1S/C25H25N3O5/c1-14-22(15(2)33-27-14)16-9-10-20-19(11-16)25(24(31)26-20,17-7-5-4-6-8-17)28-13-18(29)12-21(28)23(30)32-3/h4-11,18,21,29H,12-13H2,1-3H3,(H,26,31)/t18-,21-,25?/m0/s1. The maximum Gasteiger partial charge on any atom is 0.323 e. The average molecular weight is 447 g/mol. The van der Waals surface area contributed by atoms with Crippen LogP contribution in [0.5, 0.6) is 0 Å². The van der Waals surface area contributed by atoms with E-state index in [1.807, 2.05) is 62.4 Å². The van der Waals surface area contributed by atoms with Crippen molar-refractivity contribution < 1.29 is 24.0 Å². The second-order valence-electron chi connectivity index (χ2n) is 8.57. The van der Waals surface area contributed by atoms with Crippen LogP contribution in [0.4, 0.5) is 5.69 Å². The van der Waals surface area contributed by atoms with Gasteiger partial charge in [0.15, 0.2) is 5.54 Å². The third-order valence-corrected chi connectivity index (χ3v) is 6.68. The number of esters is 1. The van der Waals surface area contributed by atoms with Gasteiger partial charge < -0.3 is 19.7 Å². The number of methoxy groups -OCH3 is 1. The lowest BCUT2D eigenvalue weighted by Gasteiger charge is -2.40. The van der Waals surface area contributed by atoms with Crippen LogP contribution in [-0.2, 0) is 19.9 Å². The molecule has 33 heavy (non-hydrogen) atoms. The quantitative estimate of drug-likeness (QED) is 0.593. The maximum atomic E-state index is 13.8. The molecule has 3 atom stereocenters. The van der Waals surface area contributed by atoms with Gasteiger partial charge in [-0.1, -0.05) is 41.6 Å². The number of fused-ring (bicyclic) bond motifs is 1. The Hall–Kier alpha value is -3.49. The van der Waals surface area contributed by atoms with E-state index in [0.717, 1.165) is 16.8 Å². The van der Waals surface area contributed by atoms with Gasteiger partial charge in [-0.3, -0.25) is 14.5 Å². The molecule has 3 aromatic rings. The average Bonchev–Trinajstić information content (AvgIpc) is 3.46. The molecule has 1 fully saturated rings. The summed E-state index contributed by atoms with van der Waals surface area (Å²) in [6.07, 6.45) is -0.578. The number of hydrogen-bond donors (Lipinski definition) is 2. The molecule has 5 rings (SSSR count). The molecule has 3 heterocycles. The number of likely N-dealkylation sites (tertiary alicyclic amines) is 1. The van der Waals surface area contributed by atoms with Gasteiger partial charge in [0.2, 0.25) is 0 Å². The third-order valence-electron chi connectivity index (χ3n) is 6.68. The molecule has 8 nitrogen and oxygen atoms in total. The van der Waals surface area contributed by atoms with Crippen LogP contribution in [0.25, 0.3) is 11.1 Å². The van der Waals surface area contributed by atoms with Crippen molar-refractivity contribution in [1.82, 2.24) is 10.1 Å².